The molecule has 170 valence electrons. The predicted octanol–water partition coefficient (Wildman–Crippen LogP) is 4.00. The summed E-state index contributed by atoms with van der Waals surface area (Å²) in [6.45, 7) is 2.83. The Morgan fingerprint density at radius 2 is 1.62 bits per heavy atom. The van der Waals surface area contributed by atoms with Crippen molar-refractivity contribution < 1.29 is 19.1 Å². The molecule has 0 saturated heterocycles. The Morgan fingerprint density at radius 1 is 0.938 bits per heavy atom. The molecule has 0 aliphatic heterocycles. The molecule has 0 fully saturated rings. The van der Waals surface area contributed by atoms with Gasteiger partial charge < -0.3 is 9.47 Å². The van der Waals surface area contributed by atoms with Crippen molar-refractivity contribution in [1.82, 2.24) is 16.2 Å². The Balaban J connectivity index is 1.71. The lowest BCUT2D eigenvalue weighted by Gasteiger charge is -2.10. The number of rotatable bonds is 10. The van der Waals surface area contributed by atoms with E-state index in [4.69, 9.17) is 21.7 Å². The fourth-order valence-electron chi connectivity index (χ4n) is 2.68. The molecular weight excluding hydrogens is 426 g/mol. The molecular formula is C24H29N3O4S. The zero-order valence-electron chi connectivity index (χ0n) is 18.4. The van der Waals surface area contributed by atoms with Crippen LogP contribution in [-0.4, -0.2) is 30.6 Å². The highest BCUT2D eigenvalue weighted by atomic mass is 32.1. The van der Waals surface area contributed by atoms with Crippen LogP contribution in [0.4, 0.5) is 0 Å². The minimum atomic E-state index is -0.423. The maximum Gasteiger partial charge on any atom is 0.269 e. The third-order valence-corrected chi connectivity index (χ3v) is 4.66. The first-order chi connectivity index (χ1) is 15.5. The fraction of sp³-hybridized carbons (Fsp3) is 0.292. The molecule has 0 atom stereocenters. The Morgan fingerprint density at radius 3 is 2.28 bits per heavy atom. The molecule has 2 aromatic rings. The first-order valence-corrected chi connectivity index (χ1v) is 10.9. The van der Waals surface area contributed by atoms with E-state index in [2.05, 4.69) is 23.1 Å². The second-order valence-electron chi connectivity index (χ2n) is 6.94. The van der Waals surface area contributed by atoms with Gasteiger partial charge in [0, 0.05) is 11.6 Å². The van der Waals surface area contributed by atoms with Gasteiger partial charge in [-0.05, 0) is 66.7 Å². The molecule has 0 bridgehead atoms. The van der Waals surface area contributed by atoms with Crippen molar-refractivity contribution >= 4 is 35.2 Å². The minimum absolute atomic E-state index is 0.0187. The van der Waals surface area contributed by atoms with Crippen molar-refractivity contribution in [2.24, 2.45) is 0 Å². The van der Waals surface area contributed by atoms with Crippen LogP contribution in [0, 0.1) is 0 Å². The first kappa shape index (κ1) is 24.9. The summed E-state index contributed by atoms with van der Waals surface area (Å²) in [4.78, 5) is 24.2. The van der Waals surface area contributed by atoms with Gasteiger partial charge in [0.25, 0.3) is 5.91 Å². The number of nitrogens with one attached hydrogen (secondary N) is 3. The predicted molar refractivity (Wildman–Crippen MR) is 129 cm³/mol. The number of benzene rings is 2. The van der Waals surface area contributed by atoms with Crippen LogP contribution in [0.3, 0.4) is 0 Å². The Labute approximate surface area is 194 Å². The Bertz CT molecular complexity index is 912. The average Bonchev–Trinajstić information content (AvgIpc) is 2.82. The maximum absolute atomic E-state index is 12.2. The third-order valence-electron chi connectivity index (χ3n) is 4.45. The van der Waals surface area contributed by atoms with Crippen LogP contribution in [0.1, 0.15) is 48.5 Å². The van der Waals surface area contributed by atoms with Gasteiger partial charge in [-0.25, -0.2) is 0 Å². The zero-order chi connectivity index (χ0) is 23.2. The summed E-state index contributed by atoms with van der Waals surface area (Å²) >= 11 is 5.03. The number of hydrogen-bond donors (Lipinski definition) is 3. The number of hydrogen-bond acceptors (Lipinski definition) is 5. The molecule has 0 radical (unpaired) electrons. The third kappa shape index (κ3) is 9.18. The lowest BCUT2D eigenvalue weighted by molar-refractivity contribution is -0.115. The first-order valence-electron chi connectivity index (χ1n) is 10.5. The van der Waals surface area contributed by atoms with Crippen molar-refractivity contribution in [3.63, 3.8) is 0 Å². The zero-order valence-corrected chi connectivity index (χ0v) is 19.2. The van der Waals surface area contributed by atoms with E-state index in [0.717, 1.165) is 29.9 Å². The van der Waals surface area contributed by atoms with Crippen molar-refractivity contribution in [2.45, 2.75) is 32.6 Å². The molecule has 0 aliphatic rings. The van der Waals surface area contributed by atoms with Crippen molar-refractivity contribution in [3.8, 4) is 11.5 Å². The van der Waals surface area contributed by atoms with Gasteiger partial charge in [0.15, 0.2) is 5.11 Å². The molecule has 2 aromatic carbocycles. The summed E-state index contributed by atoms with van der Waals surface area (Å²) in [5.74, 6) is 0.646. The monoisotopic (exact) mass is 455 g/mol. The lowest BCUT2D eigenvalue weighted by atomic mass is 10.2. The highest BCUT2D eigenvalue weighted by Gasteiger charge is 2.07. The molecule has 8 heteroatoms. The van der Waals surface area contributed by atoms with E-state index in [9.17, 15) is 9.59 Å². The second kappa shape index (κ2) is 13.8. The molecule has 0 aliphatic carbocycles. The molecule has 0 aromatic heterocycles. The molecule has 7 nitrogen and oxygen atoms in total. The van der Waals surface area contributed by atoms with Crippen LogP contribution in [0.25, 0.3) is 6.08 Å². The maximum atomic E-state index is 12.2. The molecule has 3 N–H and O–H groups in total. The van der Waals surface area contributed by atoms with E-state index in [1.807, 2.05) is 12.1 Å². The van der Waals surface area contributed by atoms with Crippen molar-refractivity contribution in [1.29, 1.82) is 0 Å². The molecule has 2 rings (SSSR count). The normalized spacial score (nSPS) is 10.4. The van der Waals surface area contributed by atoms with Gasteiger partial charge in [-0.2, -0.15) is 0 Å². The molecule has 32 heavy (non-hydrogen) atoms. The Hall–Kier alpha value is -3.39. The molecule has 0 heterocycles. The summed E-state index contributed by atoms with van der Waals surface area (Å²) in [6, 6.07) is 14.1. The highest BCUT2D eigenvalue weighted by molar-refractivity contribution is 7.80. The number of carbonyl (C=O) groups excluding carboxylic acids is 2. The van der Waals surface area contributed by atoms with Crippen molar-refractivity contribution in [2.75, 3.05) is 13.7 Å². The Kier molecular flexibility index (Phi) is 10.7. The number of hydrazine groups is 1. The van der Waals surface area contributed by atoms with E-state index >= 15 is 0 Å². The van der Waals surface area contributed by atoms with Crippen molar-refractivity contribution in [3.05, 3.63) is 65.7 Å². The summed E-state index contributed by atoms with van der Waals surface area (Å²) in [5.41, 5.74) is 6.23. The highest BCUT2D eigenvalue weighted by Crippen LogP contribution is 2.13. The summed E-state index contributed by atoms with van der Waals surface area (Å²) in [7, 11) is 1.59. The van der Waals surface area contributed by atoms with E-state index in [-0.39, 0.29) is 11.0 Å². The van der Waals surface area contributed by atoms with E-state index in [1.54, 1.807) is 49.6 Å². The molecule has 0 spiro atoms. The summed E-state index contributed by atoms with van der Waals surface area (Å²) in [5, 5.41) is 2.44. The van der Waals surface area contributed by atoms with Crippen LogP contribution in [-0.2, 0) is 4.79 Å². The SMILES string of the molecule is CCCCCCOc1ccc(C(=O)NNC(=S)NC(=O)/C=C/c2ccc(OC)cc2)cc1. The van der Waals surface area contributed by atoms with Crippen LogP contribution >= 0.6 is 12.2 Å². The topological polar surface area (TPSA) is 88.7 Å². The van der Waals surface area contributed by atoms with Gasteiger partial charge in [0.2, 0.25) is 5.91 Å². The number of thiocarbonyl (C=S) groups is 1. The quantitative estimate of drug-likeness (QED) is 0.217. The van der Waals surface area contributed by atoms with Crippen LogP contribution < -0.4 is 25.6 Å². The van der Waals surface area contributed by atoms with Crippen LogP contribution in [0.5, 0.6) is 11.5 Å². The average molecular weight is 456 g/mol. The molecule has 0 saturated carbocycles. The van der Waals surface area contributed by atoms with Crippen LogP contribution in [0.15, 0.2) is 54.6 Å². The number of amides is 2. The minimum Gasteiger partial charge on any atom is -0.497 e. The van der Waals surface area contributed by atoms with Gasteiger partial charge >= 0.3 is 0 Å². The fourth-order valence-corrected chi connectivity index (χ4v) is 2.83. The largest absolute Gasteiger partial charge is 0.497 e. The molecule has 0 unspecified atom stereocenters. The summed E-state index contributed by atoms with van der Waals surface area (Å²) in [6.07, 6.45) is 7.54. The summed E-state index contributed by atoms with van der Waals surface area (Å²) < 4.78 is 10.8. The lowest BCUT2D eigenvalue weighted by Crippen LogP contribution is -2.48. The van der Waals surface area contributed by atoms with Gasteiger partial charge in [0.05, 0.1) is 13.7 Å². The van der Waals surface area contributed by atoms with Crippen LogP contribution in [0.2, 0.25) is 0 Å². The number of methoxy groups -OCH3 is 1. The van der Waals surface area contributed by atoms with E-state index in [0.29, 0.717) is 12.2 Å². The number of carbonyl (C=O) groups is 2. The van der Waals surface area contributed by atoms with Gasteiger partial charge in [-0.3, -0.25) is 25.8 Å². The van der Waals surface area contributed by atoms with Gasteiger partial charge in [-0.1, -0.05) is 38.3 Å². The molecule has 2 amide bonds. The second-order valence-corrected chi connectivity index (χ2v) is 7.35. The van der Waals surface area contributed by atoms with Gasteiger partial charge in [-0.15, -0.1) is 0 Å². The van der Waals surface area contributed by atoms with Gasteiger partial charge in [0.1, 0.15) is 11.5 Å². The number of unbranched alkanes of at least 4 members (excludes halogenated alkanes) is 3. The number of ether oxygens (including phenoxy) is 2. The standard InChI is InChI=1S/C24H29N3O4S/c1-3-4-5-6-17-31-21-14-10-19(11-15-21)23(29)26-27-24(32)25-22(28)16-9-18-7-12-20(30-2)13-8-18/h7-16H,3-6,17H2,1-2H3,(H,26,29)(H2,25,27,28,32)/b16-9+. The smallest absolute Gasteiger partial charge is 0.269 e. The van der Waals surface area contributed by atoms with E-state index in [1.165, 1.54) is 18.9 Å². The van der Waals surface area contributed by atoms with E-state index < -0.39 is 5.91 Å².